The summed E-state index contributed by atoms with van der Waals surface area (Å²) in [4.78, 5) is 14.8. The van der Waals surface area contributed by atoms with E-state index < -0.39 is 23.7 Å². The molecule has 0 aliphatic carbocycles. The molecular weight excluding hydrogens is 409 g/mol. The Morgan fingerprint density at radius 2 is 1.77 bits per heavy atom. The molecule has 1 aromatic heterocycles. The van der Waals surface area contributed by atoms with Crippen LogP contribution in [0.2, 0.25) is 0 Å². The van der Waals surface area contributed by atoms with Crippen LogP contribution in [-0.2, 0) is 12.7 Å². The molecule has 1 amide bonds. The number of amides is 1. The highest BCUT2D eigenvalue weighted by molar-refractivity contribution is 5.94. The maximum atomic E-state index is 13.2. The van der Waals surface area contributed by atoms with Gasteiger partial charge >= 0.3 is 6.18 Å². The number of carbonyl (C=O) groups is 1. The summed E-state index contributed by atoms with van der Waals surface area (Å²) in [5.41, 5.74) is 0.0362. The third-order valence-corrected chi connectivity index (χ3v) is 5.33. The highest BCUT2D eigenvalue weighted by atomic mass is 19.4. The number of hydrogen-bond acceptors (Lipinski definition) is 3. The number of ether oxygens (including phenoxy) is 2. The smallest absolute Gasteiger partial charge is 0.416 e. The number of nitrogens with zero attached hydrogens (tertiary/aromatic N) is 2. The SMILES string of the molecule is COc1ccc(OCC2c3cccn3CCN2C(=O)c2cccc(C(F)(F)F)c2)cc1. The molecule has 0 bridgehead atoms. The summed E-state index contributed by atoms with van der Waals surface area (Å²) in [5, 5.41) is 0. The molecule has 31 heavy (non-hydrogen) atoms. The predicted octanol–water partition coefficient (Wildman–Crippen LogP) is 4.79. The van der Waals surface area contributed by atoms with Crippen molar-refractivity contribution < 1.29 is 27.4 Å². The average Bonchev–Trinajstić information content (AvgIpc) is 3.26. The molecule has 162 valence electrons. The lowest BCUT2D eigenvalue weighted by molar-refractivity contribution is -0.137. The Morgan fingerprint density at radius 3 is 2.48 bits per heavy atom. The van der Waals surface area contributed by atoms with Crippen molar-refractivity contribution in [1.82, 2.24) is 9.47 Å². The molecule has 0 saturated heterocycles. The molecular formula is C23H21F3N2O3. The quantitative estimate of drug-likeness (QED) is 0.585. The van der Waals surface area contributed by atoms with Crippen molar-refractivity contribution in [1.29, 1.82) is 0 Å². The first kappa shape index (κ1) is 20.8. The lowest BCUT2D eigenvalue weighted by atomic mass is 10.1. The van der Waals surface area contributed by atoms with Gasteiger partial charge in [-0.2, -0.15) is 13.2 Å². The van der Waals surface area contributed by atoms with Crippen molar-refractivity contribution in [3.63, 3.8) is 0 Å². The molecule has 2 aromatic carbocycles. The standard InChI is InChI=1S/C23H21F3N2O3/c1-30-18-7-9-19(10-8-18)31-15-21-20-6-3-11-27(20)12-13-28(21)22(29)16-4-2-5-17(14-16)23(24,25)26/h2-11,14,21H,12-13,15H2,1H3. The fourth-order valence-corrected chi connectivity index (χ4v) is 3.72. The first-order valence-corrected chi connectivity index (χ1v) is 9.77. The zero-order chi connectivity index (χ0) is 22.0. The van der Waals surface area contributed by atoms with Gasteiger partial charge in [0, 0.05) is 30.5 Å². The van der Waals surface area contributed by atoms with Gasteiger partial charge in [-0.1, -0.05) is 6.07 Å². The highest BCUT2D eigenvalue weighted by Crippen LogP contribution is 2.32. The second-order valence-electron chi connectivity index (χ2n) is 7.21. The fourth-order valence-electron chi connectivity index (χ4n) is 3.72. The van der Waals surface area contributed by atoms with Crippen LogP contribution in [0.4, 0.5) is 13.2 Å². The number of benzene rings is 2. The van der Waals surface area contributed by atoms with Gasteiger partial charge in [0.2, 0.25) is 0 Å². The van der Waals surface area contributed by atoms with Crippen LogP contribution in [-0.4, -0.2) is 35.6 Å². The fraction of sp³-hybridized carbons (Fsp3) is 0.261. The Hall–Kier alpha value is -3.42. The van der Waals surface area contributed by atoms with Crippen molar-refractivity contribution in [3.05, 3.63) is 83.7 Å². The lowest BCUT2D eigenvalue weighted by Gasteiger charge is -2.37. The largest absolute Gasteiger partial charge is 0.497 e. The van der Waals surface area contributed by atoms with E-state index in [1.54, 1.807) is 36.3 Å². The Bertz CT molecular complexity index is 1060. The van der Waals surface area contributed by atoms with Crippen LogP contribution >= 0.6 is 0 Å². The summed E-state index contributed by atoms with van der Waals surface area (Å²) in [6, 6.07) is 14.9. The molecule has 0 N–H and O–H groups in total. The Labute approximate surface area is 177 Å². The van der Waals surface area contributed by atoms with Crippen molar-refractivity contribution in [2.45, 2.75) is 18.8 Å². The number of hydrogen-bond donors (Lipinski definition) is 0. The molecule has 8 heteroatoms. The van der Waals surface area contributed by atoms with Crippen molar-refractivity contribution in [2.75, 3.05) is 20.3 Å². The van der Waals surface area contributed by atoms with Gasteiger partial charge in [-0.05, 0) is 54.6 Å². The van der Waals surface area contributed by atoms with Crippen LogP contribution in [0.25, 0.3) is 0 Å². The molecule has 3 aromatic rings. The van der Waals surface area contributed by atoms with Crippen LogP contribution in [0.15, 0.2) is 66.9 Å². The lowest BCUT2D eigenvalue weighted by Crippen LogP contribution is -2.44. The second kappa shape index (κ2) is 8.37. The maximum absolute atomic E-state index is 13.2. The average molecular weight is 430 g/mol. The van der Waals surface area contributed by atoms with Crippen molar-refractivity contribution >= 4 is 5.91 Å². The van der Waals surface area contributed by atoms with Crippen LogP contribution in [0, 0.1) is 0 Å². The Morgan fingerprint density at radius 1 is 1.03 bits per heavy atom. The third-order valence-electron chi connectivity index (χ3n) is 5.33. The highest BCUT2D eigenvalue weighted by Gasteiger charge is 2.34. The summed E-state index contributed by atoms with van der Waals surface area (Å²) in [7, 11) is 1.57. The topological polar surface area (TPSA) is 43.7 Å². The molecule has 1 aliphatic rings. The van der Waals surface area contributed by atoms with Gasteiger partial charge in [-0.25, -0.2) is 0 Å². The summed E-state index contributed by atoms with van der Waals surface area (Å²) >= 11 is 0. The van der Waals surface area contributed by atoms with Gasteiger partial charge in [0.1, 0.15) is 24.1 Å². The van der Waals surface area contributed by atoms with Crippen LogP contribution in [0.1, 0.15) is 27.7 Å². The van der Waals surface area contributed by atoms with E-state index in [9.17, 15) is 18.0 Å². The van der Waals surface area contributed by atoms with Crippen LogP contribution in [0.5, 0.6) is 11.5 Å². The van der Waals surface area contributed by atoms with Crippen LogP contribution < -0.4 is 9.47 Å². The van der Waals surface area contributed by atoms with Crippen molar-refractivity contribution in [2.24, 2.45) is 0 Å². The van der Waals surface area contributed by atoms with E-state index in [4.69, 9.17) is 9.47 Å². The number of halogens is 3. The zero-order valence-electron chi connectivity index (χ0n) is 16.8. The molecule has 1 atom stereocenters. The van der Waals surface area contributed by atoms with Gasteiger partial charge < -0.3 is 18.9 Å². The van der Waals surface area contributed by atoms with Gasteiger partial charge in [0.05, 0.1) is 12.7 Å². The number of methoxy groups -OCH3 is 1. The Kier molecular flexibility index (Phi) is 5.63. The molecule has 0 spiro atoms. The van der Waals surface area contributed by atoms with Gasteiger partial charge in [-0.3, -0.25) is 4.79 Å². The van der Waals surface area contributed by atoms with E-state index in [0.717, 1.165) is 17.8 Å². The first-order valence-electron chi connectivity index (χ1n) is 9.77. The van der Waals surface area contributed by atoms with Gasteiger partial charge in [0.15, 0.2) is 0 Å². The molecule has 4 rings (SSSR count). The van der Waals surface area contributed by atoms with Gasteiger partial charge in [-0.15, -0.1) is 0 Å². The Balaban J connectivity index is 1.59. The van der Waals surface area contributed by atoms with E-state index in [1.165, 1.54) is 12.1 Å². The number of carbonyl (C=O) groups excluding carboxylic acids is 1. The molecule has 0 fully saturated rings. The van der Waals surface area contributed by atoms with E-state index in [-0.39, 0.29) is 12.2 Å². The minimum Gasteiger partial charge on any atom is -0.497 e. The normalized spacial score (nSPS) is 16.0. The number of fused-ring (bicyclic) bond motifs is 1. The number of alkyl halides is 3. The molecule has 1 aliphatic heterocycles. The minimum atomic E-state index is -4.51. The molecule has 0 saturated carbocycles. The third kappa shape index (κ3) is 4.38. The summed E-state index contributed by atoms with van der Waals surface area (Å²) in [5.74, 6) is 0.845. The first-order chi connectivity index (χ1) is 14.9. The molecule has 0 radical (unpaired) electrons. The van der Waals surface area contributed by atoms with Crippen molar-refractivity contribution in [3.8, 4) is 11.5 Å². The van der Waals surface area contributed by atoms with E-state index in [2.05, 4.69) is 0 Å². The summed E-state index contributed by atoms with van der Waals surface area (Å²) in [6.07, 6.45) is -2.59. The molecule has 5 nitrogen and oxygen atoms in total. The minimum absolute atomic E-state index is 0.00396. The van der Waals surface area contributed by atoms with E-state index in [1.807, 2.05) is 22.9 Å². The second-order valence-corrected chi connectivity index (χ2v) is 7.21. The summed E-state index contributed by atoms with van der Waals surface area (Å²) in [6.45, 7) is 1.10. The summed E-state index contributed by atoms with van der Waals surface area (Å²) < 4.78 is 52.4. The monoisotopic (exact) mass is 430 g/mol. The number of aromatic nitrogens is 1. The number of rotatable bonds is 5. The predicted molar refractivity (Wildman–Crippen MR) is 108 cm³/mol. The zero-order valence-corrected chi connectivity index (χ0v) is 16.8. The van der Waals surface area contributed by atoms with Crippen LogP contribution in [0.3, 0.4) is 0 Å². The molecule has 2 heterocycles. The van der Waals surface area contributed by atoms with E-state index in [0.29, 0.717) is 24.6 Å². The maximum Gasteiger partial charge on any atom is 0.416 e. The molecule has 1 unspecified atom stereocenters. The van der Waals surface area contributed by atoms with E-state index >= 15 is 0 Å². The van der Waals surface area contributed by atoms with Gasteiger partial charge in [0.25, 0.3) is 5.91 Å².